The number of halogens is 2. The number of fused-ring (bicyclic) bond motifs is 1. The number of rotatable bonds is 8. The van der Waals surface area contributed by atoms with E-state index >= 15 is 0 Å². The first-order valence-corrected chi connectivity index (χ1v) is 13.6. The fourth-order valence-electron chi connectivity index (χ4n) is 3.50. The van der Waals surface area contributed by atoms with E-state index in [2.05, 4.69) is 40.9 Å². The van der Waals surface area contributed by atoms with Crippen molar-refractivity contribution < 1.29 is 12.8 Å². The second kappa shape index (κ2) is 9.82. The van der Waals surface area contributed by atoms with Crippen LogP contribution in [0.1, 0.15) is 0 Å². The van der Waals surface area contributed by atoms with Crippen molar-refractivity contribution in [2.45, 2.75) is 4.90 Å². The highest BCUT2D eigenvalue weighted by molar-refractivity contribution is 9.10. The minimum atomic E-state index is -3.63. The monoisotopic (exact) mass is 572 g/mol. The minimum absolute atomic E-state index is 0.141. The van der Waals surface area contributed by atoms with Crippen molar-refractivity contribution in [3.05, 3.63) is 82.7 Å². The van der Waals surface area contributed by atoms with Gasteiger partial charge in [0.1, 0.15) is 11.5 Å². The van der Waals surface area contributed by atoms with Crippen molar-refractivity contribution in [1.29, 1.82) is 0 Å². The number of imidazole rings is 1. The number of nitrogens with zero attached hydrogens (tertiary/aromatic N) is 4. The molecule has 12 heteroatoms. The predicted molar refractivity (Wildman–Crippen MR) is 137 cm³/mol. The Hall–Kier alpha value is -3.19. The van der Waals surface area contributed by atoms with Gasteiger partial charge in [-0.2, -0.15) is 0 Å². The largest absolute Gasteiger partial charge is 0.353 e. The molecule has 0 bridgehead atoms. The Morgan fingerprint density at radius 1 is 1.06 bits per heavy atom. The molecule has 0 radical (unpaired) electrons. The number of hydrogen-bond acceptors (Lipinski definition) is 7. The number of aromatic nitrogens is 4. The Kier molecular flexibility index (Phi) is 6.60. The van der Waals surface area contributed by atoms with Gasteiger partial charge in [-0.05, 0) is 42.5 Å². The van der Waals surface area contributed by atoms with E-state index in [0.717, 1.165) is 9.43 Å². The zero-order chi connectivity index (χ0) is 24.4. The van der Waals surface area contributed by atoms with Crippen LogP contribution in [-0.4, -0.2) is 40.9 Å². The van der Waals surface area contributed by atoms with Crippen LogP contribution < -0.4 is 10.0 Å². The van der Waals surface area contributed by atoms with Crippen molar-refractivity contribution in [3.8, 4) is 22.6 Å². The Balaban J connectivity index is 1.34. The lowest BCUT2D eigenvalue weighted by molar-refractivity contribution is 0.583. The van der Waals surface area contributed by atoms with Crippen LogP contribution in [0.5, 0.6) is 0 Å². The average Bonchev–Trinajstić information content (AvgIpc) is 3.44. The van der Waals surface area contributed by atoms with Gasteiger partial charge in [0.15, 0.2) is 4.96 Å². The summed E-state index contributed by atoms with van der Waals surface area (Å²) in [6.07, 6.45) is 3.50. The van der Waals surface area contributed by atoms with Gasteiger partial charge < -0.3 is 5.32 Å². The Labute approximate surface area is 213 Å². The van der Waals surface area contributed by atoms with Crippen molar-refractivity contribution in [2.75, 3.05) is 18.4 Å². The SMILES string of the molecule is O=S(=O)(NCCNc1nccc(-c2c(-c3cccc(F)c3)nc3sccn23)n1)c1ccc(Br)cc1. The van der Waals surface area contributed by atoms with Gasteiger partial charge in [-0.25, -0.2) is 32.5 Å². The van der Waals surface area contributed by atoms with E-state index in [1.807, 2.05) is 16.0 Å². The Morgan fingerprint density at radius 2 is 1.89 bits per heavy atom. The highest BCUT2D eigenvalue weighted by Crippen LogP contribution is 2.33. The summed E-state index contributed by atoms with van der Waals surface area (Å²) in [5.41, 5.74) is 2.57. The molecule has 8 nitrogen and oxygen atoms in total. The third-order valence-electron chi connectivity index (χ3n) is 5.08. The maximum Gasteiger partial charge on any atom is 0.240 e. The van der Waals surface area contributed by atoms with Gasteiger partial charge in [-0.1, -0.05) is 28.1 Å². The van der Waals surface area contributed by atoms with Gasteiger partial charge in [-0.3, -0.25) is 4.40 Å². The molecule has 35 heavy (non-hydrogen) atoms. The van der Waals surface area contributed by atoms with Crippen LogP contribution in [-0.2, 0) is 10.0 Å². The van der Waals surface area contributed by atoms with Gasteiger partial charge in [0.2, 0.25) is 16.0 Å². The van der Waals surface area contributed by atoms with Crippen molar-refractivity contribution in [3.63, 3.8) is 0 Å². The first-order chi connectivity index (χ1) is 16.9. The number of thiazole rings is 1. The van der Waals surface area contributed by atoms with Crippen LogP contribution in [0.3, 0.4) is 0 Å². The van der Waals surface area contributed by atoms with E-state index in [-0.39, 0.29) is 23.8 Å². The summed E-state index contributed by atoms with van der Waals surface area (Å²) in [5.74, 6) is -0.0128. The van der Waals surface area contributed by atoms with Gasteiger partial charge in [0.25, 0.3) is 0 Å². The van der Waals surface area contributed by atoms with E-state index in [1.165, 1.54) is 35.6 Å². The molecule has 5 aromatic rings. The van der Waals surface area contributed by atoms with Crippen molar-refractivity contribution >= 4 is 48.2 Å². The lowest BCUT2D eigenvalue weighted by atomic mass is 10.1. The molecule has 0 unspecified atom stereocenters. The lowest BCUT2D eigenvalue weighted by Crippen LogP contribution is -2.29. The number of anilines is 1. The molecule has 0 atom stereocenters. The molecule has 2 N–H and O–H groups in total. The molecule has 0 fully saturated rings. The van der Waals surface area contributed by atoms with Gasteiger partial charge >= 0.3 is 0 Å². The molecule has 5 rings (SSSR count). The van der Waals surface area contributed by atoms with E-state index in [1.54, 1.807) is 36.5 Å². The summed E-state index contributed by atoms with van der Waals surface area (Å²) in [5, 5.41) is 4.96. The summed E-state index contributed by atoms with van der Waals surface area (Å²) in [7, 11) is -3.63. The molecule has 0 aliphatic carbocycles. The molecule has 3 aromatic heterocycles. The molecule has 3 heterocycles. The van der Waals surface area contributed by atoms with Crippen LogP contribution >= 0.6 is 27.3 Å². The number of benzene rings is 2. The highest BCUT2D eigenvalue weighted by atomic mass is 79.9. The molecule has 0 saturated heterocycles. The molecule has 0 saturated carbocycles. The zero-order valence-electron chi connectivity index (χ0n) is 18.0. The molecule has 178 valence electrons. The summed E-state index contributed by atoms with van der Waals surface area (Å²) >= 11 is 4.76. The fraction of sp³-hybridized carbons (Fsp3) is 0.0870. The first-order valence-electron chi connectivity index (χ1n) is 10.4. The van der Waals surface area contributed by atoms with E-state index in [0.29, 0.717) is 28.6 Å². The van der Waals surface area contributed by atoms with E-state index < -0.39 is 10.0 Å². The average molecular weight is 573 g/mol. The van der Waals surface area contributed by atoms with Gasteiger partial charge in [0, 0.05) is 40.9 Å². The van der Waals surface area contributed by atoms with E-state index in [9.17, 15) is 12.8 Å². The second-order valence-corrected chi connectivity index (χ2v) is 11.0. The molecule has 2 aromatic carbocycles. The minimum Gasteiger partial charge on any atom is -0.353 e. The Bertz CT molecular complexity index is 1600. The van der Waals surface area contributed by atoms with Crippen LogP contribution in [0.15, 0.2) is 81.7 Å². The third-order valence-corrected chi connectivity index (χ3v) is 7.84. The molecule has 0 spiro atoms. The van der Waals surface area contributed by atoms with Gasteiger partial charge in [-0.15, -0.1) is 11.3 Å². The van der Waals surface area contributed by atoms with Crippen LogP contribution in [0.4, 0.5) is 10.3 Å². The molecule has 0 aliphatic heterocycles. The van der Waals surface area contributed by atoms with Crippen LogP contribution in [0.25, 0.3) is 27.6 Å². The first kappa shape index (κ1) is 23.5. The molecule has 0 aliphatic rings. The quantitative estimate of drug-likeness (QED) is 0.259. The van der Waals surface area contributed by atoms with Crippen LogP contribution in [0, 0.1) is 5.82 Å². The van der Waals surface area contributed by atoms with Gasteiger partial charge in [0.05, 0.1) is 16.3 Å². The van der Waals surface area contributed by atoms with Crippen molar-refractivity contribution in [2.24, 2.45) is 0 Å². The zero-order valence-corrected chi connectivity index (χ0v) is 21.2. The summed E-state index contributed by atoms with van der Waals surface area (Å²) < 4.78 is 44.0. The van der Waals surface area contributed by atoms with Crippen LogP contribution in [0.2, 0.25) is 0 Å². The summed E-state index contributed by atoms with van der Waals surface area (Å²) in [4.78, 5) is 14.5. The summed E-state index contributed by atoms with van der Waals surface area (Å²) in [6.45, 7) is 0.415. The normalized spacial score (nSPS) is 11.7. The molecular formula is C23H18BrFN6O2S2. The van der Waals surface area contributed by atoms with E-state index in [4.69, 9.17) is 0 Å². The number of sulfonamides is 1. The summed E-state index contributed by atoms with van der Waals surface area (Å²) in [6, 6.07) is 14.4. The predicted octanol–water partition coefficient (Wildman–Crippen LogP) is 4.81. The lowest BCUT2D eigenvalue weighted by Gasteiger charge is -2.09. The number of nitrogens with one attached hydrogen (secondary N) is 2. The standard InChI is InChI=1S/C23H18BrFN6O2S2/c24-16-4-6-18(7-5-16)35(32,33)28-11-10-27-22-26-9-8-19(29-22)21-20(15-2-1-3-17(25)14-15)30-23-31(21)12-13-34-23/h1-9,12-14,28H,10-11H2,(H,26,27,29). The Morgan fingerprint density at radius 3 is 2.69 bits per heavy atom. The topological polar surface area (TPSA) is 101 Å². The maximum atomic E-state index is 13.9. The molecular weight excluding hydrogens is 555 g/mol. The molecule has 0 amide bonds. The fourth-order valence-corrected chi connectivity index (χ4v) is 5.51. The maximum absolute atomic E-state index is 13.9. The smallest absolute Gasteiger partial charge is 0.240 e. The second-order valence-electron chi connectivity index (χ2n) is 7.42. The van der Waals surface area contributed by atoms with Crippen molar-refractivity contribution in [1.82, 2.24) is 24.1 Å². The third kappa shape index (κ3) is 5.10. The number of hydrogen-bond donors (Lipinski definition) is 2. The highest BCUT2D eigenvalue weighted by Gasteiger charge is 2.19.